The van der Waals surface area contributed by atoms with Crippen LogP contribution in [-0.2, 0) is 11.2 Å². The Balaban J connectivity index is 1.67. The Kier molecular flexibility index (Phi) is 5.40. The lowest BCUT2D eigenvalue weighted by atomic mass is 10.2. The highest BCUT2D eigenvalue weighted by atomic mass is 16.5. The number of carbonyl (C=O) groups is 1. The maximum Gasteiger partial charge on any atom is 0.411 e. The second kappa shape index (κ2) is 7.79. The van der Waals surface area contributed by atoms with Crippen LogP contribution in [0.4, 0.5) is 4.79 Å². The topological polar surface area (TPSA) is 38.3 Å². The number of ether oxygens (including phenoxy) is 1. The molecule has 0 heterocycles. The molecule has 0 spiro atoms. The van der Waals surface area contributed by atoms with E-state index in [2.05, 4.69) is 5.32 Å². The maximum absolute atomic E-state index is 11.4. The summed E-state index contributed by atoms with van der Waals surface area (Å²) >= 11 is 0. The Bertz CT molecular complexity index is 550. The first kappa shape index (κ1) is 13.9. The summed E-state index contributed by atoms with van der Waals surface area (Å²) in [6.07, 6.45) is 3.68. The largest absolute Gasteiger partial charge is 0.449 e. The fourth-order valence-corrected chi connectivity index (χ4v) is 1.72. The fraction of sp³-hybridized carbons (Fsp3) is 0.118. The molecule has 2 aromatic rings. The quantitative estimate of drug-likeness (QED) is 0.898. The number of amides is 1. The lowest BCUT2D eigenvalue weighted by molar-refractivity contribution is 0.151. The molecule has 0 aliphatic rings. The molecule has 102 valence electrons. The second-order valence-electron chi connectivity index (χ2n) is 4.26. The van der Waals surface area contributed by atoms with Crippen LogP contribution in [0.5, 0.6) is 0 Å². The van der Waals surface area contributed by atoms with Gasteiger partial charge < -0.3 is 4.74 Å². The third kappa shape index (κ3) is 4.98. The molecule has 3 heteroatoms. The molecule has 20 heavy (non-hydrogen) atoms. The standard InChI is InChI=1S/C17H17NO2/c19-17(18-13-11-15-7-3-1-4-8-15)20-14-12-16-9-5-2-6-10-16/h1-11,13H,12,14H2,(H,18,19)/b13-11+. The number of hydrogen-bond acceptors (Lipinski definition) is 2. The number of nitrogens with one attached hydrogen (secondary N) is 1. The van der Waals surface area contributed by atoms with Gasteiger partial charge in [-0.25, -0.2) is 4.79 Å². The second-order valence-corrected chi connectivity index (χ2v) is 4.26. The van der Waals surface area contributed by atoms with Gasteiger partial charge in [0.05, 0.1) is 6.61 Å². The molecule has 1 amide bonds. The van der Waals surface area contributed by atoms with Crippen molar-refractivity contribution in [1.82, 2.24) is 5.32 Å². The molecule has 0 aromatic heterocycles. The molecule has 0 saturated heterocycles. The van der Waals surface area contributed by atoms with Crippen LogP contribution in [0.3, 0.4) is 0 Å². The third-order valence-electron chi connectivity index (χ3n) is 2.74. The molecular weight excluding hydrogens is 250 g/mol. The smallest absolute Gasteiger partial charge is 0.411 e. The van der Waals surface area contributed by atoms with Crippen molar-refractivity contribution in [2.24, 2.45) is 0 Å². The first-order valence-electron chi connectivity index (χ1n) is 6.53. The maximum atomic E-state index is 11.4. The van der Waals surface area contributed by atoms with Crippen LogP contribution in [-0.4, -0.2) is 12.7 Å². The van der Waals surface area contributed by atoms with Crippen LogP contribution >= 0.6 is 0 Å². The normalized spacial score (nSPS) is 10.4. The highest BCUT2D eigenvalue weighted by molar-refractivity contribution is 5.69. The summed E-state index contributed by atoms with van der Waals surface area (Å²) in [6, 6.07) is 19.7. The lowest BCUT2D eigenvalue weighted by Gasteiger charge is -2.04. The summed E-state index contributed by atoms with van der Waals surface area (Å²) < 4.78 is 5.08. The molecule has 0 unspecified atom stereocenters. The van der Waals surface area contributed by atoms with Gasteiger partial charge in [-0.05, 0) is 17.2 Å². The predicted molar refractivity (Wildman–Crippen MR) is 80.1 cm³/mol. The van der Waals surface area contributed by atoms with Gasteiger partial charge >= 0.3 is 6.09 Å². The van der Waals surface area contributed by atoms with Gasteiger partial charge in [0.15, 0.2) is 0 Å². The molecule has 0 saturated carbocycles. The van der Waals surface area contributed by atoms with E-state index < -0.39 is 6.09 Å². The summed E-state index contributed by atoms with van der Waals surface area (Å²) in [6.45, 7) is 0.370. The van der Waals surface area contributed by atoms with E-state index in [0.717, 1.165) is 17.5 Å². The van der Waals surface area contributed by atoms with Crippen molar-refractivity contribution in [3.8, 4) is 0 Å². The molecule has 0 bridgehead atoms. The first-order chi connectivity index (χ1) is 9.84. The summed E-state index contributed by atoms with van der Waals surface area (Å²) in [4.78, 5) is 11.4. The van der Waals surface area contributed by atoms with Crippen molar-refractivity contribution in [2.75, 3.05) is 6.61 Å². The number of hydrogen-bond donors (Lipinski definition) is 1. The molecule has 2 aromatic carbocycles. The van der Waals surface area contributed by atoms with Gasteiger partial charge in [0.2, 0.25) is 0 Å². The molecule has 0 radical (unpaired) electrons. The molecular formula is C17H17NO2. The highest BCUT2D eigenvalue weighted by Crippen LogP contribution is 2.01. The van der Waals surface area contributed by atoms with Gasteiger partial charge in [-0.2, -0.15) is 0 Å². The number of rotatable bonds is 5. The Morgan fingerprint density at radius 2 is 1.65 bits per heavy atom. The molecule has 2 rings (SSSR count). The summed E-state index contributed by atoms with van der Waals surface area (Å²) in [7, 11) is 0. The van der Waals surface area contributed by atoms with Crippen molar-refractivity contribution in [3.63, 3.8) is 0 Å². The summed E-state index contributed by atoms with van der Waals surface area (Å²) in [5.74, 6) is 0. The van der Waals surface area contributed by atoms with E-state index in [1.54, 1.807) is 6.20 Å². The zero-order valence-electron chi connectivity index (χ0n) is 11.2. The number of benzene rings is 2. The Labute approximate surface area is 118 Å². The van der Waals surface area contributed by atoms with E-state index in [0.29, 0.717) is 6.61 Å². The van der Waals surface area contributed by atoms with E-state index in [9.17, 15) is 4.79 Å². The molecule has 0 fully saturated rings. The molecule has 0 aliphatic carbocycles. The monoisotopic (exact) mass is 267 g/mol. The van der Waals surface area contributed by atoms with E-state index in [4.69, 9.17) is 4.74 Å². The lowest BCUT2D eigenvalue weighted by Crippen LogP contribution is -2.19. The van der Waals surface area contributed by atoms with Gasteiger partial charge in [-0.15, -0.1) is 0 Å². The Hall–Kier alpha value is -2.55. The average molecular weight is 267 g/mol. The summed E-state index contributed by atoms with van der Waals surface area (Å²) in [5, 5.41) is 2.58. The zero-order valence-corrected chi connectivity index (χ0v) is 11.2. The van der Waals surface area contributed by atoms with Crippen molar-refractivity contribution < 1.29 is 9.53 Å². The van der Waals surface area contributed by atoms with E-state index >= 15 is 0 Å². The van der Waals surface area contributed by atoms with Crippen LogP contribution in [0.2, 0.25) is 0 Å². The van der Waals surface area contributed by atoms with E-state index in [-0.39, 0.29) is 0 Å². The van der Waals surface area contributed by atoms with Crippen LogP contribution < -0.4 is 5.32 Å². The SMILES string of the molecule is O=C(N/C=C/c1ccccc1)OCCc1ccccc1. The van der Waals surface area contributed by atoms with Crippen LogP contribution in [0.1, 0.15) is 11.1 Å². The van der Waals surface area contributed by atoms with Gasteiger partial charge in [-0.3, -0.25) is 5.32 Å². The molecule has 3 nitrogen and oxygen atoms in total. The molecule has 1 N–H and O–H groups in total. The highest BCUT2D eigenvalue weighted by Gasteiger charge is 1.98. The van der Waals surface area contributed by atoms with Crippen LogP contribution in [0.25, 0.3) is 6.08 Å². The number of alkyl carbamates (subject to hydrolysis) is 1. The summed E-state index contributed by atoms with van der Waals surface area (Å²) in [5.41, 5.74) is 2.18. The van der Waals surface area contributed by atoms with E-state index in [1.807, 2.05) is 66.7 Å². The minimum Gasteiger partial charge on any atom is -0.449 e. The fourth-order valence-electron chi connectivity index (χ4n) is 1.72. The molecule has 0 atom stereocenters. The first-order valence-corrected chi connectivity index (χ1v) is 6.53. The van der Waals surface area contributed by atoms with Gasteiger partial charge in [0.25, 0.3) is 0 Å². The van der Waals surface area contributed by atoms with Gasteiger partial charge in [0.1, 0.15) is 0 Å². The van der Waals surface area contributed by atoms with Gasteiger partial charge in [0, 0.05) is 12.6 Å². The Morgan fingerprint density at radius 3 is 2.35 bits per heavy atom. The Morgan fingerprint density at radius 1 is 1.00 bits per heavy atom. The minimum atomic E-state index is -0.437. The third-order valence-corrected chi connectivity index (χ3v) is 2.74. The van der Waals surface area contributed by atoms with Crippen molar-refractivity contribution in [1.29, 1.82) is 0 Å². The van der Waals surface area contributed by atoms with E-state index in [1.165, 1.54) is 0 Å². The van der Waals surface area contributed by atoms with Crippen LogP contribution in [0.15, 0.2) is 66.9 Å². The van der Waals surface area contributed by atoms with Crippen molar-refractivity contribution >= 4 is 12.2 Å². The number of carbonyl (C=O) groups excluding carboxylic acids is 1. The van der Waals surface area contributed by atoms with Crippen molar-refractivity contribution in [3.05, 3.63) is 78.0 Å². The zero-order chi connectivity index (χ0) is 14.0. The van der Waals surface area contributed by atoms with Gasteiger partial charge in [-0.1, -0.05) is 60.7 Å². The van der Waals surface area contributed by atoms with Crippen LogP contribution in [0, 0.1) is 0 Å². The minimum absolute atomic E-state index is 0.370. The average Bonchev–Trinajstić information content (AvgIpc) is 2.49. The molecule has 0 aliphatic heterocycles. The van der Waals surface area contributed by atoms with Crippen molar-refractivity contribution in [2.45, 2.75) is 6.42 Å². The predicted octanol–water partition coefficient (Wildman–Crippen LogP) is 3.63.